The summed E-state index contributed by atoms with van der Waals surface area (Å²) in [5, 5.41) is 9.99. The van der Waals surface area contributed by atoms with E-state index in [9.17, 15) is 27.9 Å². The molecule has 1 aliphatic heterocycles. The van der Waals surface area contributed by atoms with Crippen LogP contribution in [-0.2, 0) is 9.53 Å². The summed E-state index contributed by atoms with van der Waals surface area (Å²) in [5.41, 5.74) is 1.21. The molecule has 0 radical (unpaired) electrons. The number of hydrogen-bond acceptors (Lipinski definition) is 6. The number of aliphatic hydroxyl groups excluding tert-OH is 1. The van der Waals surface area contributed by atoms with Crippen molar-refractivity contribution >= 4 is 17.5 Å². The zero-order chi connectivity index (χ0) is 29.3. The van der Waals surface area contributed by atoms with Crippen molar-refractivity contribution < 1.29 is 37.3 Å². The van der Waals surface area contributed by atoms with Gasteiger partial charge in [0.05, 0.1) is 36.8 Å². The van der Waals surface area contributed by atoms with Gasteiger partial charge in [-0.2, -0.15) is 13.2 Å². The number of carbonyl (C=O) groups is 2. The Morgan fingerprint density at radius 3 is 2.51 bits per heavy atom. The minimum absolute atomic E-state index is 0.0915. The summed E-state index contributed by atoms with van der Waals surface area (Å²) in [6.45, 7) is 6.00. The summed E-state index contributed by atoms with van der Waals surface area (Å²) < 4.78 is 50.3. The number of alkyl halides is 3. The number of carbonyl (C=O) groups excluding carboxylic acids is 2. The zero-order valence-electron chi connectivity index (χ0n) is 24.0. The third kappa shape index (κ3) is 10.2. The maximum atomic E-state index is 14.0. The highest BCUT2D eigenvalue weighted by Crippen LogP contribution is 2.29. The van der Waals surface area contributed by atoms with Crippen LogP contribution in [0.15, 0.2) is 18.2 Å². The molecule has 222 valence electrons. The van der Waals surface area contributed by atoms with Gasteiger partial charge in [-0.05, 0) is 51.3 Å². The average molecular weight is 560 g/mol. The van der Waals surface area contributed by atoms with Gasteiger partial charge in [-0.1, -0.05) is 6.92 Å². The average Bonchev–Trinajstić information content (AvgIpc) is 2.87. The quantitative estimate of drug-likeness (QED) is 0.535. The lowest BCUT2D eigenvalue weighted by Crippen LogP contribution is -2.48. The number of ether oxygens (including phenoxy) is 2. The van der Waals surface area contributed by atoms with E-state index >= 15 is 0 Å². The van der Waals surface area contributed by atoms with E-state index in [1.54, 1.807) is 24.0 Å². The Morgan fingerprint density at radius 1 is 1.21 bits per heavy atom. The molecule has 2 rings (SSSR count). The SMILES string of the molecule is C[C@@H]1CN([C@@H](C)CO)C(=O)c2cc(N(C)C)ccc2O[C@@H](C)CCCCO[C@H]1CN(C)C(=O)CCC(F)(F)F. The van der Waals surface area contributed by atoms with Gasteiger partial charge in [0.1, 0.15) is 5.75 Å². The molecule has 0 aliphatic carbocycles. The summed E-state index contributed by atoms with van der Waals surface area (Å²) in [6, 6.07) is 4.94. The molecular formula is C28H44F3N3O5. The molecule has 0 spiro atoms. The van der Waals surface area contributed by atoms with Gasteiger partial charge in [-0.15, -0.1) is 0 Å². The third-order valence-electron chi connectivity index (χ3n) is 7.05. The van der Waals surface area contributed by atoms with Gasteiger partial charge in [0, 0.05) is 58.9 Å². The van der Waals surface area contributed by atoms with Crippen LogP contribution >= 0.6 is 0 Å². The van der Waals surface area contributed by atoms with E-state index < -0.39 is 37.1 Å². The molecule has 1 N–H and O–H groups in total. The standard InChI is InChI=1S/C28H44F3N3O5/c1-19-16-34(20(2)18-35)27(37)23-15-22(32(4)5)10-11-24(23)39-21(3)9-7-8-14-38-25(19)17-33(6)26(36)12-13-28(29,30)31/h10-11,15,19-21,25,35H,7-9,12-14,16-18H2,1-6H3/t19-,20+,21+,25+/m1/s1. The van der Waals surface area contributed by atoms with Crippen molar-refractivity contribution in [3.05, 3.63) is 23.8 Å². The van der Waals surface area contributed by atoms with Crippen molar-refractivity contribution in [1.82, 2.24) is 9.80 Å². The van der Waals surface area contributed by atoms with Crippen molar-refractivity contribution in [2.45, 2.75) is 77.3 Å². The van der Waals surface area contributed by atoms with Crippen LogP contribution in [-0.4, -0.2) is 98.6 Å². The van der Waals surface area contributed by atoms with Crippen molar-refractivity contribution in [2.75, 3.05) is 52.3 Å². The molecule has 1 aromatic carbocycles. The van der Waals surface area contributed by atoms with Crippen LogP contribution in [0.3, 0.4) is 0 Å². The predicted molar refractivity (Wildman–Crippen MR) is 144 cm³/mol. The van der Waals surface area contributed by atoms with E-state index in [4.69, 9.17) is 9.47 Å². The van der Waals surface area contributed by atoms with Crippen LogP contribution < -0.4 is 9.64 Å². The zero-order valence-corrected chi connectivity index (χ0v) is 24.0. The van der Waals surface area contributed by atoms with E-state index in [0.29, 0.717) is 17.9 Å². The number of aliphatic hydroxyl groups is 1. The molecule has 11 heteroatoms. The molecule has 4 atom stereocenters. The lowest BCUT2D eigenvalue weighted by atomic mass is 10.0. The first-order chi connectivity index (χ1) is 18.2. The second kappa shape index (κ2) is 14.7. The Morgan fingerprint density at radius 2 is 1.90 bits per heavy atom. The predicted octanol–water partition coefficient (Wildman–Crippen LogP) is 4.35. The summed E-state index contributed by atoms with van der Waals surface area (Å²) >= 11 is 0. The first-order valence-corrected chi connectivity index (χ1v) is 13.6. The second-order valence-corrected chi connectivity index (χ2v) is 10.8. The van der Waals surface area contributed by atoms with Gasteiger partial charge in [-0.3, -0.25) is 9.59 Å². The number of benzene rings is 1. The van der Waals surface area contributed by atoms with Crippen LogP contribution in [0.5, 0.6) is 5.75 Å². The van der Waals surface area contributed by atoms with Gasteiger partial charge >= 0.3 is 6.18 Å². The fraction of sp³-hybridized carbons (Fsp3) is 0.714. The fourth-order valence-electron chi connectivity index (χ4n) is 4.46. The minimum Gasteiger partial charge on any atom is -0.490 e. The monoisotopic (exact) mass is 559 g/mol. The summed E-state index contributed by atoms with van der Waals surface area (Å²) in [7, 11) is 5.23. The Balaban J connectivity index is 2.38. The number of anilines is 1. The van der Waals surface area contributed by atoms with Gasteiger partial charge in [-0.25, -0.2) is 0 Å². The van der Waals surface area contributed by atoms with Gasteiger partial charge < -0.3 is 29.3 Å². The lowest BCUT2D eigenvalue weighted by molar-refractivity contribution is -0.149. The van der Waals surface area contributed by atoms with Gasteiger partial charge in [0.15, 0.2) is 0 Å². The molecule has 0 unspecified atom stereocenters. The molecule has 1 heterocycles. The minimum atomic E-state index is -4.41. The van der Waals surface area contributed by atoms with Gasteiger partial charge in [0.25, 0.3) is 5.91 Å². The fourth-order valence-corrected chi connectivity index (χ4v) is 4.46. The largest absolute Gasteiger partial charge is 0.490 e. The number of fused-ring (bicyclic) bond motifs is 1. The van der Waals surface area contributed by atoms with E-state index in [0.717, 1.165) is 24.9 Å². The Kier molecular flexibility index (Phi) is 12.4. The number of hydrogen-bond donors (Lipinski definition) is 1. The molecule has 1 aromatic rings. The van der Waals surface area contributed by atoms with Crippen molar-refractivity contribution in [1.29, 1.82) is 0 Å². The molecule has 0 fully saturated rings. The Labute approximate surface area is 230 Å². The van der Waals surface area contributed by atoms with E-state index in [-0.39, 0.29) is 37.6 Å². The van der Waals surface area contributed by atoms with Gasteiger partial charge in [0.2, 0.25) is 5.91 Å². The van der Waals surface area contributed by atoms with Crippen LogP contribution in [0, 0.1) is 5.92 Å². The molecule has 0 saturated heterocycles. The normalized spacial score (nSPS) is 22.4. The summed E-state index contributed by atoms with van der Waals surface area (Å²) in [5.74, 6) is -0.736. The molecule has 2 amide bonds. The molecule has 0 bridgehead atoms. The maximum absolute atomic E-state index is 14.0. The highest BCUT2D eigenvalue weighted by molar-refractivity contribution is 5.98. The lowest BCUT2D eigenvalue weighted by Gasteiger charge is -2.36. The topological polar surface area (TPSA) is 82.6 Å². The van der Waals surface area contributed by atoms with Crippen LogP contribution in [0.1, 0.15) is 63.2 Å². The Bertz CT molecular complexity index is 944. The molecule has 0 aromatic heterocycles. The van der Waals surface area contributed by atoms with E-state index in [2.05, 4.69) is 0 Å². The molecular weight excluding hydrogens is 515 g/mol. The highest BCUT2D eigenvalue weighted by atomic mass is 19.4. The van der Waals surface area contributed by atoms with Crippen molar-refractivity contribution in [2.24, 2.45) is 5.92 Å². The van der Waals surface area contributed by atoms with Crippen LogP contribution in [0.4, 0.5) is 18.9 Å². The summed E-state index contributed by atoms with van der Waals surface area (Å²) in [4.78, 5) is 31.1. The van der Waals surface area contributed by atoms with E-state index in [1.807, 2.05) is 38.9 Å². The third-order valence-corrected chi connectivity index (χ3v) is 7.05. The molecule has 8 nitrogen and oxygen atoms in total. The Hall–Kier alpha value is -2.53. The molecule has 39 heavy (non-hydrogen) atoms. The second-order valence-electron chi connectivity index (χ2n) is 10.8. The number of rotatable bonds is 7. The number of nitrogens with zero attached hydrogens (tertiary/aromatic N) is 3. The molecule has 1 aliphatic rings. The molecule has 0 saturated carbocycles. The summed E-state index contributed by atoms with van der Waals surface area (Å²) in [6.07, 6.45) is -4.59. The van der Waals surface area contributed by atoms with Crippen LogP contribution in [0.25, 0.3) is 0 Å². The highest BCUT2D eigenvalue weighted by Gasteiger charge is 2.32. The number of likely N-dealkylation sites (N-methyl/N-ethyl adjacent to an activating group) is 1. The smallest absolute Gasteiger partial charge is 0.389 e. The van der Waals surface area contributed by atoms with Crippen LogP contribution in [0.2, 0.25) is 0 Å². The number of halogens is 3. The first kappa shape index (κ1) is 32.7. The first-order valence-electron chi connectivity index (χ1n) is 13.6. The van der Waals surface area contributed by atoms with Crippen molar-refractivity contribution in [3.63, 3.8) is 0 Å². The van der Waals surface area contributed by atoms with E-state index in [1.165, 1.54) is 11.9 Å². The maximum Gasteiger partial charge on any atom is 0.389 e. The number of amides is 2. The van der Waals surface area contributed by atoms with Crippen molar-refractivity contribution in [3.8, 4) is 5.75 Å².